The molecule has 0 saturated carbocycles. The van der Waals surface area contributed by atoms with E-state index >= 15 is 0 Å². The number of aryl methyl sites for hydroxylation is 4. The number of carbonyl (C=O) groups excluding carboxylic acids is 1. The Morgan fingerprint density at radius 1 is 1.00 bits per heavy atom. The summed E-state index contributed by atoms with van der Waals surface area (Å²) >= 11 is 1.46. The quantitative estimate of drug-likeness (QED) is 0.358. The lowest BCUT2D eigenvalue weighted by Crippen LogP contribution is -2.09. The fourth-order valence-electron chi connectivity index (χ4n) is 2.80. The third-order valence-electron chi connectivity index (χ3n) is 4.52. The van der Waals surface area contributed by atoms with Crippen molar-refractivity contribution in [3.05, 3.63) is 74.6 Å². The van der Waals surface area contributed by atoms with E-state index in [0.29, 0.717) is 11.1 Å². The van der Waals surface area contributed by atoms with E-state index in [9.17, 15) is 9.59 Å². The summed E-state index contributed by atoms with van der Waals surface area (Å²) in [7, 11) is 0. The normalized spacial score (nSPS) is 11.0. The van der Waals surface area contributed by atoms with Crippen molar-refractivity contribution >= 4 is 28.7 Å². The smallest absolute Gasteiger partial charge is 0.336 e. The van der Waals surface area contributed by atoms with Gasteiger partial charge in [-0.2, -0.15) is 0 Å². The Morgan fingerprint density at radius 2 is 1.74 bits per heavy atom. The molecule has 5 heteroatoms. The SMILES string of the molecule is Cc1ccc(C)c(SCC(=O)OCc2cc(=O)oc3cc(C)c(C)cc23)c1. The zero-order valence-electron chi connectivity index (χ0n) is 15.9. The fourth-order valence-corrected chi connectivity index (χ4v) is 3.72. The van der Waals surface area contributed by atoms with Crippen LogP contribution in [0.1, 0.15) is 27.8 Å². The van der Waals surface area contributed by atoms with Gasteiger partial charge in [-0.15, -0.1) is 11.8 Å². The Bertz CT molecular complexity index is 1070. The van der Waals surface area contributed by atoms with Crippen molar-refractivity contribution in [3.63, 3.8) is 0 Å². The second-order valence-corrected chi connectivity index (χ2v) is 7.76. The highest BCUT2D eigenvalue weighted by molar-refractivity contribution is 8.00. The number of esters is 1. The first-order chi connectivity index (χ1) is 12.8. The summed E-state index contributed by atoms with van der Waals surface area (Å²) in [5.74, 6) is -0.0898. The van der Waals surface area contributed by atoms with Crippen LogP contribution in [0.4, 0.5) is 0 Å². The van der Waals surface area contributed by atoms with Crippen LogP contribution < -0.4 is 5.63 Å². The third-order valence-corrected chi connectivity index (χ3v) is 5.65. The summed E-state index contributed by atoms with van der Waals surface area (Å²) in [5, 5.41) is 0.799. The van der Waals surface area contributed by atoms with Gasteiger partial charge in [0.1, 0.15) is 12.2 Å². The number of hydrogen-bond acceptors (Lipinski definition) is 5. The van der Waals surface area contributed by atoms with E-state index in [0.717, 1.165) is 32.5 Å². The first kappa shape index (κ1) is 19.2. The van der Waals surface area contributed by atoms with Crippen molar-refractivity contribution < 1.29 is 13.9 Å². The summed E-state index contributed by atoms with van der Waals surface area (Å²) < 4.78 is 10.7. The van der Waals surface area contributed by atoms with E-state index in [1.165, 1.54) is 17.8 Å². The highest BCUT2D eigenvalue weighted by Gasteiger charge is 2.11. The molecule has 0 aliphatic carbocycles. The first-order valence-electron chi connectivity index (χ1n) is 8.73. The van der Waals surface area contributed by atoms with Gasteiger partial charge in [0.15, 0.2) is 0 Å². The van der Waals surface area contributed by atoms with Gasteiger partial charge in [0, 0.05) is 21.9 Å². The van der Waals surface area contributed by atoms with Crippen LogP contribution in [0.5, 0.6) is 0 Å². The van der Waals surface area contributed by atoms with E-state index in [1.54, 1.807) is 0 Å². The van der Waals surface area contributed by atoms with Crippen molar-refractivity contribution in [1.29, 1.82) is 0 Å². The molecule has 1 aromatic heterocycles. The molecule has 0 radical (unpaired) electrons. The fraction of sp³-hybridized carbons (Fsp3) is 0.273. The molecule has 0 bridgehead atoms. The molecule has 2 aromatic carbocycles. The Morgan fingerprint density at radius 3 is 2.52 bits per heavy atom. The molecule has 0 amide bonds. The molecule has 0 saturated heterocycles. The molecule has 0 fully saturated rings. The second-order valence-electron chi connectivity index (χ2n) is 6.74. The van der Waals surface area contributed by atoms with Crippen molar-refractivity contribution in [2.24, 2.45) is 0 Å². The van der Waals surface area contributed by atoms with Gasteiger partial charge in [0.25, 0.3) is 0 Å². The van der Waals surface area contributed by atoms with Crippen LogP contribution in [0.25, 0.3) is 11.0 Å². The number of fused-ring (bicyclic) bond motifs is 1. The largest absolute Gasteiger partial charge is 0.460 e. The minimum atomic E-state index is -0.443. The summed E-state index contributed by atoms with van der Waals surface area (Å²) in [6.07, 6.45) is 0. The number of rotatable bonds is 5. The van der Waals surface area contributed by atoms with E-state index in [1.807, 2.05) is 52.0 Å². The first-order valence-corrected chi connectivity index (χ1v) is 9.71. The summed E-state index contributed by atoms with van der Waals surface area (Å²) in [5.41, 5.74) is 5.16. The zero-order chi connectivity index (χ0) is 19.6. The highest BCUT2D eigenvalue weighted by atomic mass is 32.2. The molecule has 0 aliphatic heterocycles. The van der Waals surface area contributed by atoms with E-state index in [-0.39, 0.29) is 18.3 Å². The Labute approximate surface area is 162 Å². The molecular weight excluding hydrogens is 360 g/mol. The van der Waals surface area contributed by atoms with E-state index in [4.69, 9.17) is 9.15 Å². The van der Waals surface area contributed by atoms with E-state index in [2.05, 4.69) is 6.07 Å². The lowest BCUT2D eigenvalue weighted by atomic mass is 10.0. The molecule has 140 valence electrons. The van der Waals surface area contributed by atoms with Gasteiger partial charge in [-0.05, 0) is 62.6 Å². The van der Waals surface area contributed by atoms with Crippen molar-refractivity contribution in [2.45, 2.75) is 39.2 Å². The standard InChI is InChI=1S/C22H22O4S/c1-13-5-6-14(2)20(7-13)27-12-22(24)25-11-17-10-21(23)26-19-9-16(4)15(3)8-18(17)19/h5-10H,11-12H2,1-4H3. The monoisotopic (exact) mass is 382 g/mol. The molecule has 1 heterocycles. The average molecular weight is 382 g/mol. The minimum absolute atomic E-state index is 0.0524. The maximum atomic E-state index is 12.2. The van der Waals surface area contributed by atoms with Gasteiger partial charge >= 0.3 is 11.6 Å². The van der Waals surface area contributed by atoms with Gasteiger partial charge in [0.2, 0.25) is 0 Å². The summed E-state index contributed by atoms with van der Waals surface area (Å²) in [6, 6.07) is 11.3. The number of thioether (sulfide) groups is 1. The Balaban J connectivity index is 1.71. The van der Waals surface area contributed by atoms with Crippen LogP contribution in [-0.2, 0) is 16.1 Å². The number of carbonyl (C=O) groups is 1. The molecule has 27 heavy (non-hydrogen) atoms. The van der Waals surface area contributed by atoms with Crippen LogP contribution in [0.3, 0.4) is 0 Å². The van der Waals surface area contributed by atoms with Gasteiger partial charge in [-0.25, -0.2) is 4.79 Å². The predicted molar refractivity (Wildman–Crippen MR) is 108 cm³/mol. The molecule has 4 nitrogen and oxygen atoms in total. The van der Waals surface area contributed by atoms with Crippen molar-refractivity contribution in [1.82, 2.24) is 0 Å². The molecular formula is C22H22O4S. The predicted octanol–water partition coefficient (Wildman–Crippen LogP) is 4.86. The van der Waals surface area contributed by atoms with Gasteiger partial charge in [0.05, 0.1) is 5.75 Å². The van der Waals surface area contributed by atoms with Gasteiger partial charge < -0.3 is 9.15 Å². The number of hydrogen-bond donors (Lipinski definition) is 0. The van der Waals surface area contributed by atoms with Crippen LogP contribution in [0.2, 0.25) is 0 Å². The average Bonchev–Trinajstić information content (AvgIpc) is 2.62. The number of benzene rings is 2. The maximum absolute atomic E-state index is 12.2. The Kier molecular flexibility index (Phi) is 5.71. The van der Waals surface area contributed by atoms with Crippen molar-refractivity contribution in [2.75, 3.05) is 5.75 Å². The molecule has 0 aliphatic rings. The van der Waals surface area contributed by atoms with Crippen LogP contribution in [-0.4, -0.2) is 11.7 Å². The molecule has 0 spiro atoms. The molecule has 0 N–H and O–H groups in total. The van der Waals surface area contributed by atoms with Crippen LogP contribution in [0.15, 0.2) is 50.5 Å². The van der Waals surface area contributed by atoms with Crippen LogP contribution >= 0.6 is 11.8 Å². The highest BCUT2D eigenvalue weighted by Crippen LogP contribution is 2.25. The van der Waals surface area contributed by atoms with Crippen molar-refractivity contribution in [3.8, 4) is 0 Å². The summed E-state index contributed by atoms with van der Waals surface area (Å²) in [6.45, 7) is 8.06. The minimum Gasteiger partial charge on any atom is -0.460 e. The molecule has 3 aromatic rings. The summed E-state index contributed by atoms with van der Waals surface area (Å²) in [4.78, 5) is 25.1. The molecule has 0 unspecified atom stereocenters. The molecule has 0 atom stereocenters. The third kappa shape index (κ3) is 4.61. The lowest BCUT2D eigenvalue weighted by molar-refractivity contribution is -0.141. The van der Waals surface area contributed by atoms with E-state index < -0.39 is 5.63 Å². The second kappa shape index (κ2) is 8.01. The maximum Gasteiger partial charge on any atom is 0.336 e. The van der Waals surface area contributed by atoms with Gasteiger partial charge in [-0.3, -0.25) is 4.79 Å². The topological polar surface area (TPSA) is 56.5 Å². The van der Waals surface area contributed by atoms with Crippen LogP contribution in [0, 0.1) is 27.7 Å². The number of ether oxygens (including phenoxy) is 1. The zero-order valence-corrected chi connectivity index (χ0v) is 16.7. The Hall–Kier alpha value is -2.53. The molecule has 3 rings (SSSR count). The van der Waals surface area contributed by atoms with Gasteiger partial charge in [-0.1, -0.05) is 17.7 Å². The lowest BCUT2D eigenvalue weighted by Gasteiger charge is -2.10.